The zero-order valence-electron chi connectivity index (χ0n) is 17.0. The van der Waals surface area contributed by atoms with Gasteiger partial charge in [-0.25, -0.2) is 0 Å². The number of halogens is 1. The predicted molar refractivity (Wildman–Crippen MR) is 117 cm³/mol. The van der Waals surface area contributed by atoms with Crippen molar-refractivity contribution in [2.24, 2.45) is 0 Å². The molecular formula is C21H21BrN4O4. The number of non-ortho nitro benzene ring substituents is 1. The third-order valence-electron chi connectivity index (χ3n) is 4.61. The molecule has 156 valence electrons. The van der Waals surface area contributed by atoms with Crippen molar-refractivity contribution in [3.8, 4) is 11.5 Å². The van der Waals surface area contributed by atoms with Gasteiger partial charge in [0.05, 0.1) is 32.5 Å². The van der Waals surface area contributed by atoms with E-state index in [1.165, 1.54) is 12.1 Å². The quantitative estimate of drug-likeness (QED) is 0.378. The molecular weight excluding hydrogens is 452 g/mol. The summed E-state index contributed by atoms with van der Waals surface area (Å²) in [5.74, 6) is 0.444. The highest BCUT2D eigenvalue weighted by Gasteiger charge is 2.21. The van der Waals surface area contributed by atoms with Crippen molar-refractivity contribution in [3.05, 3.63) is 74.0 Å². The Labute approximate surface area is 182 Å². The summed E-state index contributed by atoms with van der Waals surface area (Å²) < 4.78 is 8.20. The summed E-state index contributed by atoms with van der Waals surface area (Å²) >= 11 is 3.45. The van der Waals surface area contributed by atoms with E-state index in [4.69, 9.17) is 4.74 Å². The van der Waals surface area contributed by atoms with E-state index in [9.17, 15) is 14.9 Å². The van der Waals surface area contributed by atoms with Gasteiger partial charge in [0.15, 0.2) is 0 Å². The number of amides is 1. The van der Waals surface area contributed by atoms with E-state index in [0.717, 1.165) is 21.4 Å². The smallest absolute Gasteiger partial charge is 0.275 e. The molecule has 9 heteroatoms. The van der Waals surface area contributed by atoms with Crippen LogP contribution in [-0.2, 0) is 4.79 Å². The molecule has 1 unspecified atom stereocenters. The van der Waals surface area contributed by atoms with Crippen LogP contribution < -0.4 is 10.1 Å². The van der Waals surface area contributed by atoms with Crippen LogP contribution in [0.25, 0.3) is 0 Å². The molecule has 0 saturated heterocycles. The van der Waals surface area contributed by atoms with E-state index in [2.05, 4.69) is 26.3 Å². The zero-order chi connectivity index (χ0) is 22.0. The number of carbonyl (C=O) groups is 1. The Kier molecular flexibility index (Phi) is 6.21. The molecule has 1 heterocycles. The fourth-order valence-corrected chi connectivity index (χ4v) is 3.20. The molecule has 8 nitrogen and oxygen atoms in total. The van der Waals surface area contributed by atoms with Crippen molar-refractivity contribution in [1.29, 1.82) is 0 Å². The van der Waals surface area contributed by atoms with Gasteiger partial charge < -0.3 is 10.1 Å². The van der Waals surface area contributed by atoms with Gasteiger partial charge in [0.1, 0.15) is 17.5 Å². The highest BCUT2D eigenvalue weighted by Crippen LogP contribution is 2.30. The van der Waals surface area contributed by atoms with Crippen LogP contribution in [-0.4, -0.2) is 20.6 Å². The molecule has 3 aromatic rings. The van der Waals surface area contributed by atoms with Crippen LogP contribution in [0.1, 0.15) is 29.9 Å². The van der Waals surface area contributed by atoms with Gasteiger partial charge in [0, 0.05) is 12.1 Å². The number of hydrogen-bond donors (Lipinski definition) is 1. The van der Waals surface area contributed by atoms with E-state index in [1.807, 2.05) is 32.9 Å². The number of carbonyl (C=O) groups excluding carboxylic acids is 1. The Bertz CT molecular complexity index is 1110. The number of nitro groups is 1. The molecule has 0 aliphatic carbocycles. The molecule has 1 aromatic heterocycles. The third-order valence-corrected chi connectivity index (χ3v) is 5.76. The molecule has 0 fully saturated rings. The van der Waals surface area contributed by atoms with Gasteiger partial charge in [-0.2, -0.15) is 5.10 Å². The predicted octanol–water partition coefficient (Wildman–Crippen LogP) is 5.47. The van der Waals surface area contributed by atoms with E-state index in [-0.39, 0.29) is 23.0 Å². The van der Waals surface area contributed by atoms with Gasteiger partial charge in [0.2, 0.25) is 5.91 Å². The van der Waals surface area contributed by atoms with Gasteiger partial charge >= 0.3 is 0 Å². The molecule has 3 rings (SSSR count). The highest BCUT2D eigenvalue weighted by atomic mass is 79.9. The summed E-state index contributed by atoms with van der Waals surface area (Å²) in [6, 6.07) is 10.9. The average molecular weight is 473 g/mol. The minimum atomic E-state index is -0.615. The monoisotopic (exact) mass is 472 g/mol. The van der Waals surface area contributed by atoms with Gasteiger partial charge in [-0.15, -0.1) is 0 Å². The van der Waals surface area contributed by atoms with Crippen LogP contribution >= 0.6 is 15.9 Å². The summed E-state index contributed by atoms with van der Waals surface area (Å²) in [5, 5.41) is 18.4. The van der Waals surface area contributed by atoms with E-state index < -0.39 is 11.0 Å². The first kappa shape index (κ1) is 21.5. The van der Waals surface area contributed by atoms with E-state index in [0.29, 0.717) is 5.75 Å². The average Bonchev–Trinajstić information content (AvgIpc) is 2.96. The van der Waals surface area contributed by atoms with Gasteiger partial charge in [-0.3, -0.25) is 19.6 Å². The number of rotatable bonds is 6. The lowest BCUT2D eigenvalue weighted by molar-refractivity contribution is -0.384. The summed E-state index contributed by atoms with van der Waals surface area (Å²) in [6.45, 7) is 7.36. The number of aromatic nitrogens is 2. The SMILES string of the molecule is Cc1ccc(Oc2cc(NC(=O)C(C)n3nc(C)c(Br)c3C)cc([N+](=O)[O-])c2)cc1. The van der Waals surface area contributed by atoms with Crippen LogP contribution in [0.3, 0.4) is 0 Å². The number of nitro benzene ring substituents is 1. The third kappa shape index (κ3) is 4.68. The molecule has 0 aliphatic rings. The molecule has 0 spiro atoms. The minimum Gasteiger partial charge on any atom is -0.457 e. The minimum absolute atomic E-state index is 0.184. The Hall–Kier alpha value is -3.20. The topological polar surface area (TPSA) is 99.3 Å². The van der Waals surface area contributed by atoms with Crippen molar-refractivity contribution in [2.75, 3.05) is 5.32 Å². The maximum absolute atomic E-state index is 12.8. The molecule has 1 amide bonds. The van der Waals surface area contributed by atoms with Crippen LogP contribution in [0.2, 0.25) is 0 Å². The lowest BCUT2D eigenvalue weighted by Crippen LogP contribution is -2.25. The normalized spacial score (nSPS) is 11.8. The second-order valence-electron chi connectivity index (χ2n) is 6.98. The molecule has 0 bridgehead atoms. The second-order valence-corrected chi connectivity index (χ2v) is 7.78. The number of hydrogen-bond acceptors (Lipinski definition) is 5. The van der Waals surface area contributed by atoms with Crippen molar-refractivity contribution in [1.82, 2.24) is 9.78 Å². The van der Waals surface area contributed by atoms with Gasteiger partial charge in [-0.1, -0.05) is 17.7 Å². The molecule has 1 atom stereocenters. The van der Waals surface area contributed by atoms with Crippen LogP contribution in [0.5, 0.6) is 11.5 Å². The van der Waals surface area contributed by atoms with Crippen molar-refractivity contribution in [3.63, 3.8) is 0 Å². The number of anilines is 1. The Balaban J connectivity index is 1.86. The number of aryl methyl sites for hydroxylation is 2. The van der Waals surface area contributed by atoms with Gasteiger partial charge in [0.25, 0.3) is 5.69 Å². The first-order valence-corrected chi connectivity index (χ1v) is 10.0. The summed E-state index contributed by atoms with van der Waals surface area (Å²) in [5.41, 5.74) is 2.74. The first-order valence-electron chi connectivity index (χ1n) is 9.21. The first-order chi connectivity index (χ1) is 14.2. The fraction of sp³-hybridized carbons (Fsp3) is 0.238. The van der Waals surface area contributed by atoms with Crippen LogP contribution in [0.15, 0.2) is 46.9 Å². The van der Waals surface area contributed by atoms with E-state index >= 15 is 0 Å². The molecule has 0 saturated carbocycles. The van der Waals surface area contributed by atoms with Gasteiger partial charge in [-0.05, 0) is 55.8 Å². The van der Waals surface area contributed by atoms with Crippen molar-refractivity contribution < 1.29 is 14.5 Å². The summed E-state index contributed by atoms with van der Waals surface area (Å²) in [4.78, 5) is 23.6. The molecule has 2 aromatic carbocycles. The number of nitrogens with zero attached hydrogens (tertiary/aromatic N) is 3. The Morgan fingerprint density at radius 3 is 2.40 bits per heavy atom. The summed E-state index contributed by atoms with van der Waals surface area (Å²) in [6.07, 6.45) is 0. The number of nitrogens with one attached hydrogen (secondary N) is 1. The van der Waals surface area contributed by atoms with E-state index in [1.54, 1.807) is 29.8 Å². The molecule has 30 heavy (non-hydrogen) atoms. The Morgan fingerprint density at radius 1 is 1.17 bits per heavy atom. The number of benzene rings is 2. The lowest BCUT2D eigenvalue weighted by atomic mass is 10.2. The maximum Gasteiger partial charge on any atom is 0.275 e. The van der Waals surface area contributed by atoms with Crippen LogP contribution in [0, 0.1) is 30.9 Å². The zero-order valence-corrected chi connectivity index (χ0v) is 18.6. The van der Waals surface area contributed by atoms with Crippen molar-refractivity contribution in [2.45, 2.75) is 33.7 Å². The molecule has 1 N–H and O–H groups in total. The fourth-order valence-electron chi connectivity index (χ4n) is 2.94. The highest BCUT2D eigenvalue weighted by molar-refractivity contribution is 9.10. The molecule has 0 aliphatic heterocycles. The number of ether oxygens (including phenoxy) is 1. The largest absolute Gasteiger partial charge is 0.457 e. The second kappa shape index (κ2) is 8.66. The van der Waals surface area contributed by atoms with Crippen LogP contribution in [0.4, 0.5) is 11.4 Å². The lowest BCUT2D eigenvalue weighted by Gasteiger charge is -2.15. The molecule has 0 radical (unpaired) electrons. The Morgan fingerprint density at radius 2 is 1.83 bits per heavy atom. The summed E-state index contributed by atoms with van der Waals surface area (Å²) in [7, 11) is 0. The standard InChI is InChI=1S/C21H21BrN4O4/c1-12-5-7-18(8-6-12)30-19-10-16(9-17(11-19)26(28)29)23-21(27)15(4)25-14(3)20(22)13(2)24-25/h5-11,15H,1-4H3,(H,23,27). The van der Waals surface area contributed by atoms with Crippen molar-refractivity contribution >= 4 is 33.2 Å². The maximum atomic E-state index is 12.8.